The van der Waals surface area contributed by atoms with Crippen molar-refractivity contribution in [2.24, 2.45) is 0 Å². The van der Waals surface area contributed by atoms with Gasteiger partial charge in [-0.15, -0.1) is 28.1 Å². The lowest BCUT2D eigenvalue weighted by atomic mass is 9.87. The van der Waals surface area contributed by atoms with Crippen LogP contribution < -0.4 is 4.74 Å². The van der Waals surface area contributed by atoms with E-state index in [0.29, 0.717) is 6.54 Å². The summed E-state index contributed by atoms with van der Waals surface area (Å²) in [4.78, 5) is 4.79. The van der Waals surface area contributed by atoms with E-state index < -0.39 is 0 Å². The maximum atomic E-state index is 6.21. The van der Waals surface area contributed by atoms with Gasteiger partial charge in [-0.25, -0.2) is 4.98 Å². The molecule has 5 nitrogen and oxygen atoms in total. The van der Waals surface area contributed by atoms with E-state index in [2.05, 4.69) is 71.8 Å². The molecule has 1 atom stereocenters. The van der Waals surface area contributed by atoms with Gasteiger partial charge in [0.15, 0.2) is 17.1 Å². The maximum absolute atomic E-state index is 6.21. The van der Waals surface area contributed by atoms with Crippen LogP contribution in [0.25, 0.3) is 10.6 Å². The van der Waals surface area contributed by atoms with Crippen molar-refractivity contribution in [3.05, 3.63) is 89.7 Å². The van der Waals surface area contributed by atoms with Gasteiger partial charge in [-0.3, -0.25) is 4.57 Å². The van der Waals surface area contributed by atoms with E-state index in [9.17, 15) is 0 Å². The molecule has 2 aromatic carbocycles. The minimum absolute atomic E-state index is 0.111. The van der Waals surface area contributed by atoms with Gasteiger partial charge < -0.3 is 4.74 Å². The van der Waals surface area contributed by atoms with Gasteiger partial charge in [-0.05, 0) is 30.0 Å². The third-order valence-corrected chi connectivity index (χ3v) is 7.32. The second-order valence-electron chi connectivity index (χ2n) is 9.07. The summed E-state index contributed by atoms with van der Waals surface area (Å²) in [6, 6.07) is 18.5. The normalized spacial score (nSPS) is 12.5. The van der Waals surface area contributed by atoms with Crippen molar-refractivity contribution in [2.45, 2.75) is 56.7 Å². The van der Waals surface area contributed by atoms with Crippen molar-refractivity contribution in [1.82, 2.24) is 19.7 Å². The Labute approximate surface area is 209 Å². The van der Waals surface area contributed by atoms with E-state index in [4.69, 9.17) is 9.72 Å². The first kappa shape index (κ1) is 24.2. The highest BCUT2D eigenvalue weighted by Crippen LogP contribution is 2.30. The highest BCUT2D eigenvalue weighted by Gasteiger charge is 2.20. The molecule has 0 saturated heterocycles. The Kier molecular flexibility index (Phi) is 7.54. The highest BCUT2D eigenvalue weighted by atomic mass is 32.2. The predicted molar refractivity (Wildman–Crippen MR) is 142 cm³/mol. The number of hydrogen-bond donors (Lipinski definition) is 0. The molecule has 2 heterocycles. The Morgan fingerprint density at radius 3 is 2.50 bits per heavy atom. The van der Waals surface area contributed by atoms with E-state index >= 15 is 0 Å². The molecule has 0 fully saturated rings. The lowest BCUT2D eigenvalue weighted by Gasteiger charge is -2.20. The van der Waals surface area contributed by atoms with Crippen LogP contribution in [0.15, 0.2) is 77.8 Å². The molecule has 0 amide bonds. The molecular formula is C27H30N4OS2. The van der Waals surface area contributed by atoms with Crippen molar-refractivity contribution in [1.29, 1.82) is 0 Å². The lowest BCUT2D eigenvalue weighted by Crippen LogP contribution is -2.13. The first-order valence-corrected chi connectivity index (χ1v) is 13.2. The number of rotatable bonds is 9. The number of hydrogen-bond acceptors (Lipinski definition) is 6. The molecule has 7 heteroatoms. The van der Waals surface area contributed by atoms with E-state index in [1.54, 1.807) is 23.1 Å². The molecule has 0 aliphatic carbocycles. The summed E-state index contributed by atoms with van der Waals surface area (Å²) in [5.41, 5.74) is 3.56. The minimum Gasteiger partial charge on any atom is -0.483 e. The fraction of sp³-hybridized carbons (Fsp3) is 0.296. The van der Waals surface area contributed by atoms with Crippen molar-refractivity contribution < 1.29 is 4.74 Å². The first-order chi connectivity index (χ1) is 16.3. The zero-order chi connectivity index (χ0) is 24.1. The molecule has 4 aromatic rings. The van der Waals surface area contributed by atoms with Crippen LogP contribution in [0.5, 0.6) is 5.75 Å². The number of benzene rings is 2. The molecular weight excluding hydrogens is 460 g/mol. The van der Waals surface area contributed by atoms with Gasteiger partial charge in [0.05, 0.1) is 5.69 Å². The number of nitrogens with zero attached hydrogens (tertiary/aromatic N) is 4. The average Bonchev–Trinajstić information content (AvgIpc) is 3.46. The smallest absolute Gasteiger partial charge is 0.192 e. The maximum Gasteiger partial charge on any atom is 0.192 e. The van der Waals surface area contributed by atoms with Crippen LogP contribution in [0.2, 0.25) is 0 Å². The zero-order valence-corrected chi connectivity index (χ0v) is 21.7. The van der Waals surface area contributed by atoms with Gasteiger partial charge in [0.2, 0.25) is 0 Å². The van der Waals surface area contributed by atoms with E-state index in [1.807, 2.05) is 43.3 Å². The molecule has 176 valence electrons. The summed E-state index contributed by atoms with van der Waals surface area (Å²) < 4.78 is 8.27. The van der Waals surface area contributed by atoms with Gasteiger partial charge in [-0.1, -0.05) is 81.1 Å². The number of ether oxygens (including phenoxy) is 1. The summed E-state index contributed by atoms with van der Waals surface area (Å²) >= 11 is 3.29. The minimum atomic E-state index is -0.244. The van der Waals surface area contributed by atoms with Crippen molar-refractivity contribution in [2.75, 3.05) is 0 Å². The fourth-order valence-electron chi connectivity index (χ4n) is 3.52. The van der Waals surface area contributed by atoms with E-state index in [1.165, 1.54) is 5.56 Å². The Morgan fingerprint density at radius 2 is 1.82 bits per heavy atom. The zero-order valence-electron chi connectivity index (χ0n) is 20.1. The molecule has 0 bridgehead atoms. The van der Waals surface area contributed by atoms with Crippen molar-refractivity contribution in [3.8, 4) is 16.3 Å². The second-order valence-corrected chi connectivity index (χ2v) is 10.9. The van der Waals surface area contributed by atoms with Gasteiger partial charge in [-0.2, -0.15) is 0 Å². The molecule has 0 N–H and O–H groups in total. The SMILES string of the molecule is C=CCn1c(SCc2csc(-c3ccccc3)n2)nnc1C(C)Oc1ccc(C(C)(C)C)cc1. The van der Waals surface area contributed by atoms with Crippen LogP contribution in [0.1, 0.15) is 50.9 Å². The first-order valence-electron chi connectivity index (χ1n) is 11.3. The van der Waals surface area contributed by atoms with Crippen LogP contribution in [-0.4, -0.2) is 19.7 Å². The van der Waals surface area contributed by atoms with Crippen molar-refractivity contribution in [3.63, 3.8) is 0 Å². The van der Waals surface area contributed by atoms with Crippen LogP contribution in [0, 0.1) is 0 Å². The molecule has 4 rings (SSSR count). The van der Waals surface area contributed by atoms with Crippen molar-refractivity contribution >= 4 is 23.1 Å². The van der Waals surface area contributed by atoms with Gasteiger partial charge in [0.25, 0.3) is 0 Å². The largest absolute Gasteiger partial charge is 0.483 e. The van der Waals surface area contributed by atoms with Crippen LogP contribution in [0.4, 0.5) is 0 Å². The Balaban J connectivity index is 1.45. The standard InChI is InChI=1S/C27H30N4OS2/c1-6-16-31-24(19(2)32-23-14-12-21(13-15-23)27(3,4)5)29-30-26(31)34-18-22-17-33-25(28-22)20-10-8-7-9-11-20/h6-15,17,19H,1,16,18H2,2-5H3. The summed E-state index contributed by atoms with van der Waals surface area (Å²) in [5.74, 6) is 2.33. The molecule has 0 spiro atoms. The highest BCUT2D eigenvalue weighted by molar-refractivity contribution is 7.98. The monoisotopic (exact) mass is 490 g/mol. The molecule has 2 aromatic heterocycles. The number of thiazole rings is 1. The van der Waals surface area contributed by atoms with E-state index in [-0.39, 0.29) is 11.5 Å². The summed E-state index contributed by atoms with van der Waals surface area (Å²) in [7, 11) is 0. The fourth-order valence-corrected chi connectivity index (χ4v) is 5.30. The molecule has 34 heavy (non-hydrogen) atoms. The van der Waals surface area contributed by atoms with Crippen LogP contribution in [0.3, 0.4) is 0 Å². The second kappa shape index (κ2) is 10.6. The van der Waals surface area contributed by atoms with Crippen LogP contribution >= 0.6 is 23.1 Å². The number of thioether (sulfide) groups is 1. The van der Waals surface area contributed by atoms with Crippen LogP contribution in [-0.2, 0) is 17.7 Å². The Hall–Kier alpha value is -2.90. The Bertz CT molecular complexity index is 1220. The Morgan fingerprint density at radius 1 is 1.09 bits per heavy atom. The predicted octanol–water partition coefficient (Wildman–Crippen LogP) is 7.32. The quantitative estimate of drug-likeness (QED) is 0.182. The topological polar surface area (TPSA) is 52.8 Å². The third kappa shape index (κ3) is 5.77. The molecule has 0 saturated carbocycles. The van der Waals surface area contributed by atoms with Gasteiger partial charge >= 0.3 is 0 Å². The third-order valence-electron chi connectivity index (χ3n) is 5.38. The number of aromatic nitrogens is 4. The molecule has 0 aliphatic rings. The summed E-state index contributed by atoms with van der Waals surface area (Å²) in [6.45, 7) is 13.1. The summed E-state index contributed by atoms with van der Waals surface area (Å²) in [5, 5.41) is 12.9. The lowest BCUT2D eigenvalue weighted by molar-refractivity contribution is 0.210. The average molecular weight is 491 g/mol. The summed E-state index contributed by atoms with van der Waals surface area (Å²) in [6.07, 6.45) is 1.62. The van der Waals surface area contributed by atoms with Gasteiger partial charge in [0.1, 0.15) is 10.8 Å². The molecule has 1 unspecified atom stereocenters. The molecule has 0 radical (unpaired) electrons. The van der Waals surface area contributed by atoms with E-state index in [0.717, 1.165) is 38.7 Å². The van der Waals surface area contributed by atoms with Gasteiger partial charge in [0, 0.05) is 23.2 Å². The molecule has 0 aliphatic heterocycles. The number of allylic oxidation sites excluding steroid dienone is 1.